The monoisotopic (exact) mass is 314 g/mol. The Labute approximate surface area is 155 Å². The summed E-state index contributed by atoms with van der Waals surface area (Å²) in [5.74, 6) is -3.67. The summed E-state index contributed by atoms with van der Waals surface area (Å²) < 4.78 is 0. The van der Waals surface area contributed by atoms with Gasteiger partial charge in [0.15, 0.2) is 5.92 Å². The second-order valence-corrected chi connectivity index (χ2v) is 5.20. The van der Waals surface area contributed by atoms with Crippen molar-refractivity contribution in [3.05, 3.63) is 0 Å². The van der Waals surface area contributed by atoms with Crippen LogP contribution in [0.5, 0.6) is 0 Å². The minimum atomic E-state index is -1.23. The summed E-state index contributed by atoms with van der Waals surface area (Å²) >= 11 is 0. The van der Waals surface area contributed by atoms with E-state index in [1.165, 1.54) is 44.9 Å². The molecule has 4 nitrogen and oxygen atoms in total. The quantitative estimate of drug-likeness (QED) is 0.307. The maximum Gasteiger partial charge on any atom is 2.00 e. The molecule has 0 aromatic rings. The maximum absolute atomic E-state index is 10.7. The number of rotatable bonds is 13. The molecule has 0 aliphatic carbocycles. The summed E-state index contributed by atoms with van der Waals surface area (Å²) in [5.41, 5.74) is 0. The molecule has 0 radical (unpaired) electrons. The van der Waals surface area contributed by atoms with Crippen LogP contribution in [0.25, 0.3) is 0 Å². The van der Waals surface area contributed by atoms with Gasteiger partial charge in [0.2, 0.25) is 0 Å². The van der Waals surface area contributed by atoms with Gasteiger partial charge >= 0.3 is 49.7 Å². The van der Waals surface area contributed by atoms with Crippen LogP contribution in [0.2, 0.25) is 0 Å². The molecule has 0 amide bonds. The van der Waals surface area contributed by atoms with Crippen LogP contribution in [-0.4, -0.2) is 59.9 Å². The second kappa shape index (κ2) is 15.6. The van der Waals surface area contributed by atoms with E-state index in [-0.39, 0.29) is 47.0 Å². The van der Waals surface area contributed by atoms with Gasteiger partial charge in [-0.05, 0) is 6.42 Å². The van der Waals surface area contributed by atoms with E-state index in [4.69, 9.17) is 10.2 Å². The largest absolute Gasteiger partial charge is 2.00 e. The Balaban J connectivity index is -0.000000540. The average molecular weight is 314 g/mol. The van der Waals surface area contributed by atoms with E-state index in [9.17, 15) is 9.59 Å². The van der Waals surface area contributed by atoms with Crippen LogP contribution < -0.4 is 0 Å². The Morgan fingerprint density at radius 3 is 1.50 bits per heavy atom. The van der Waals surface area contributed by atoms with E-state index >= 15 is 0 Å². The van der Waals surface area contributed by atoms with Gasteiger partial charge in [-0.2, -0.15) is 0 Å². The van der Waals surface area contributed by atoms with E-state index in [1.807, 2.05) is 0 Å². The fourth-order valence-electron chi connectivity index (χ4n) is 2.19. The minimum absolute atomic E-state index is 0. The van der Waals surface area contributed by atoms with Crippen molar-refractivity contribution in [2.24, 2.45) is 5.92 Å². The van der Waals surface area contributed by atoms with Gasteiger partial charge in [-0.3, -0.25) is 9.59 Å². The van der Waals surface area contributed by atoms with Gasteiger partial charge in [-0.15, -0.1) is 0 Å². The minimum Gasteiger partial charge on any atom is -1.00 e. The zero-order valence-corrected chi connectivity index (χ0v) is 15.0. The van der Waals surface area contributed by atoms with Crippen molar-refractivity contribution in [3.63, 3.8) is 0 Å². The van der Waals surface area contributed by atoms with Crippen LogP contribution >= 0.6 is 0 Å². The van der Waals surface area contributed by atoms with Crippen molar-refractivity contribution < 1.29 is 22.7 Å². The first-order valence-corrected chi connectivity index (χ1v) is 7.55. The summed E-state index contributed by atoms with van der Waals surface area (Å²) in [6.45, 7) is 2.21. The molecule has 0 spiro atoms. The number of aliphatic carboxylic acids is 2. The Morgan fingerprint density at radius 1 is 0.800 bits per heavy atom. The molecule has 0 aliphatic heterocycles. The molecule has 0 fully saturated rings. The third-order valence-corrected chi connectivity index (χ3v) is 3.44. The first-order valence-electron chi connectivity index (χ1n) is 7.55. The first kappa shape index (κ1) is 22.5. The first-order chi connectivity index (χ1) is 9.09. The van der Waals surface area contributed by atoms with Crippen LogP contribution in [-0.2, 0) is 9.59 Å². The van der Waals surface area contributed by atoms with E-state index in [2.05, 4.69) is 6.92 Å². The van der Waals surface area contributed by atoms with Crippen molar-refractivity contribution in [2.75, 3.05) is 0 Å². The van der Waals surface area contributed by atoms with Crippen LogP contribution in [0, 0.1) is 5.92 Å². The summed E-state index contributed by atoms with van der Waals surface area (Å²) in [6.07, 6.45) is 11.9. The molecule has 0 atom stereocenters. The molecular formula is C15H30CaO4. The number of carbonyl (C=O) groups is 2. The molecule has 0 aliphatic rings. The predicted molar refractivity (Wildman–Crippen MR) is 83.2 cm³/mol. The topological polar surface area (TPSA) is 74.6 Å². The van der Waals surface area contributed by atoms with Crippen molar-refractivity contribution in [2.45, 2.75) is 77.6 Å². The van der Waals surface area contributed by atoms with Crippen LogP contribution in [0.3, 0.4) is 0 Å². The number of hydrogen-bond donors (Lipinski definition) is 2. The molecule has 20 heavy (non-hydrogen) atoms. The molecule has 0 unspecified atom stereocenters. The molecule has 0 saturated heterocycles. The van der Waals surface area contributed by atoms with Gasteiger partial charge in [0.05, 0.1) is 0 Å². The van der Waals surface area contributed by atoms with Gasteiger partial charge in [-0.1, -0.05) is 71.1 Å². The predicted octanol–water partition coefficient (Wildman–Crippen LogP) is 3.93. The Bertz CT molecular complexity index is 252. The Kier molecular flexibility index (Phi) is 17.5. The van der Waals surface area contributed by atoms with Crippen LogP contribution in [0.1, 0.15) is 80.4 Å². The zero-order chi connectivity index (χ0) is 14.5. The average Bonchev–Trinajstić information content (AvgIpc) is 2.35. The van der Waals surface area contributed by atoms with Crippen molar-refractivity contribution in [1.82, 2.24) is 0 Å². The van der Waals surface area contributed by atoms with Crippen molar-refractivity contribution in [1.29, 1.82) is 0 Å². The molecule has 0 bridgehead atoms. The molecule has 0 aromatic heterocycles. The van der Waals surface area contributed by atoms with Gasteiger partial charge in [0, 0.05) is 0 Å². The van der Waals surface area contributed by atoms with Crippen LogP contribution in [0.4, 0.5) is 0 Å². The Hall–Kier alpha value is 0.200. The standard InChI is InChI=1S/C15H28O4.Ca.2H/c1-2-3-4-5-6-7-8-9-10-11-12-13(14(16)17)15(18)19;;;/h13H,2-12H2,1H3,(H,16,17)(H,18,19);;;/q;+2;2*-1. The normalized spacial score (nSPS) is 10.3. The number of carboxylic acids is 2. The molecule has 0 rings (SSSR count). The summed E-state index contributed by atoms with van der Waals surface area (Å²) in [7, 11) is 0. The van der Waals surface area contributed by atoms with Crippen molar-refractivity contribution in [3.8, 4) is 0 Å². The van der Waals surface area contributed by atoms with Gasteiger partial charge in [-0.25, -0.2) is 0 Å². The number of hydrogen-bond acceptors (Lipinski definition) is 2. The van der Waals surface area contributed by atoms with Gasteiger partial charge in [0.25, 0.3) is 0 Å². The molecule has 5 heteroatoms. The van der Waals surface area contributed by atoms with E-state index in [0.717, 1.165) is 12.8 Å². The van der Waals surface area contributed by atoms with Crippen molar-refractivity contribution >= 4 is 49.7 Å². The summed E-state index contributed by atoms with van der Waals surface area (Å²) in [5, 5.41) is 17.4. The molecule has 0 aromatic carbocycles. The van der Waals surface area contributed by atoms with Gasteiger partial charge in [0.1, 0.15) is 0 Å². The molecular weight excluding hydrogens is 284 g/mol. The third-order valence-electron chi connectivity index (χ3n) is 3.44. The molecule has 2 N–H and O–H groups in total. The summed E-state index contributed by atoms with van der Waals surface area (Å²) in [4.78, 5) is 21.3. The smallest absolute Gasteiger partial charge is 1.00 e. The second-order valence-electron chi connectivity index (χ2n) is 5.20. The SMILES string of the molecule is CCCCCCCCCCCCC(C(=O)O)C(=O)O.[Ca+2].[H-].[H-]. The van der Waals surface area contributed by atoms with Gasteiger partial charge < -0.3 is 13.1 Å². The fraction of sp³-hybridized carbons (Fsp3) is 0.867. The fourth-order valence-corrected chi connectivity index (χ4v) is 2.19. The molecule has 116 valence electrons. The number of unbranched alkanes of at least 4 members (excludes halogenated alkanes) is 9. The van der Waals surface area contributed by atoms with Crippen LogP contribution in [0.15, 0.2) is 0 Å². The maximum atomic E-state index is 10.7. The summed E-state index contributed by atoms with van der Waals surface area (Å²) in [6, 6.07) is 0. The Morgan fingerprint density at radius 2 is 1.15 bits per heavy atom. The number of carboxylic acid groups (broad SMARTS) is 2. The molecule has 0 saturated carbocycles. The third kappa shape index (κ3) is 13.2. The van der Waals surface area contributed by atoms with E-state index in [0.29, 0.717) is 6.42 Å². The molecule has 0 heterocycles. The van der Waals surface area contributed by atoms with E-state index in [1.54, 1.807) is 0 Å². The van der Waals surface area contributed by atoms with E-state index < -0.39 is 17.9 Å². The zero-order valence-electron chi connectivity index (χ0n) is 14.8.